The highest BCUT2D eigenvalue weighted by atomic mass is 79.9. The van der Waals surface area contributed by atoms with Gasteiger partial charge in [-0.2, -0.15) is 0 Å². The van der Waals surface area contributed by atoms with Gasteiger partial charge in [-0.05, 0) is 44.5 Å². The van der Waals surface area contributed by atoms with Gasteiger partial charge in [-0.3, -0.25) is 0 Å². The minimum Gasteiger partial charge on any atom is -0.312 e. The molecular weight excluding hydrogens is 327 g/mol. The highest BCUT2D eigenvalue weighted by Crippen LogP contribution is 2.39. The van der Waals surface area contributed by atoms with E-state index in [0.717, 1.165) is 33.6 Å². The zero-order valence-electron chi connectivity index (χ0n) is 10.5. The van der Waals surface area contributed by atoms with Gasteiger partial charge in [0.25, 0.3) is 0 Å². The summed E-state index contributed by atoms with van der Waals surface area (Å²) in [6.45, 7) is 0. The monoisotopic (exact) mass is 340 g/mol. The first-order valence-electron chi connectivity index (χ1n) is 6.31. The molecule has 5 heteroatoms. The van der Waals surface area contributed by atoms with Gasteiger partial charge in [0.15, 0.2) is 0 Å². The van der Waals surface area contributed by atoms with Gasteiger partial charge in [0.05, 0.1) is 11.7 Å². The molecule has 0 saturated carbocycles. The smallest absolute Gasteiger partial charge is 0.125 e. The van der Waals surface area contributed by atoms with E-state index in [4.69, 9.17) is 4.98 Å². The van der Waals surface area contributed by atoms with Gasteiger partial charge in [-0.1, -0.05) is 15.9 Å². The van der Waals surface area contributed by atoms with Gasteiger partial charge in [-0.25, -0.2) is 9.37 Å². The summed E-state index contributed by atoms with van der Waals surface area (Å²) in [5.74, 6) is -0.225. The molecule has 1 unspecified atom stereocenters. The second-order valence-electron chi connectivity index (χ2n) is 4.69. The molecule has 1 atom stereocenters. The van der Waals surface area contributed by atoms with E-state index >= 15 is 0 Å². The number of aryl methyl sites for hydroxylation is 1. The number of fused-ring (bicyclic) bond motifs is 1. The SMILES string of the molecule is CNC1CCCc2sc(-c3cc(F)ccc3Br)nc21. The van der Waals surface area contributed by atoms with Gasteiger partial charge in [-0.15, -0.1) is 11.3 Å². The summed E-state index contributed by atoms with van der Waals surface area (Å²) in [5.41, 5.74) is 1.99. The van der Waals surface area contributed by atoms with Crippen LogP contribution >= 0.6 is 27.3 Å². The van der Waals surface area contributed by atoms with Crippen molar-refractivity contribution in [2.45, 2.75) is 25.3 Å². The van der Waals surface area contributed by atoms with Crippen LogP contribution in [0.4, 0.5) is 4.39 Å². The van der Waals surface area contributed by atoms with Gasteiger partial charge in [0.2, 0.25) is 0 Å². The molecule has 0 spiro atoms. The molecule has 2 aromatic rings. The number of thiazole rings is 1. The van der Waals surface area contributed by atoms with Crippen molar-refractivity contribution in [1.82, 2.24) is 10.3 Å². The van der Waals surface area contributed by atoms with E-state index in [0.29, 0.717) is 6.04 Å². The minimum atomic E-state index is -0.225. The fourth-order valence-corrected chi connectivity index (χ4v) is 4.24. The molecule has 0 bridgehead atoms. The molecule has 1 aliphatic carbocycles. The topological polar surface area (TPSA) is 24.9 Å². The van der Waals surface area contributed by atoms with Crippen LogP contribution in [-0.4, -0.2) is 12.0 Å². The molecule has 0 radical (unpaired) electrons. The number of hydrogen-bond acceptors (Lipinski definition) is 3. The van der Waals surface area contributed by atoms with Crippen molar-refractivity contribution in [3.05, 3.63) is 39.1 Å². The lowest BCUT2D eigenvalue weighted by Crippen LogP contribution is -2.21. The Labute approximate surface area is 124 Å². The van der Waals surface area contributed by atoms with E-state index in [1.807, 2.05) is 7.05 Å². The van der Waals surface area contributed by atoms with Crippen molar-refractivity contribution >= 4 is 27.3 Å². The van der Waals surface area contributed by atoms with Crippen molar-refractivity contribution in [2.75, 3.05) is 7.05 Å². The lowest BCUT2D eigenvalue weighted by atomic mass is 9.98. The van der Waals surface area contributed by atoms with E-state index in [9.17, 15) is 4.39 Å². The van der Waals surface area contributed by atoms with Crippen molar-refractivity contribution in [3.63, 3.8) is 0 Å². The van der Waals surface area contributed by atoms with E-state index in [-0.39, 0.29) is 5.82 Å². The van der Waals surface area contributed by atoms with E-state index in [1.54, 1.807) is 23.5 Å². The van der Waals surface area contributed by atoms with Crippen LogP contribution in [0, 0.1) is 5.82 Å². The van der Waals surface area contributed by atoms with E-state index in [1.165, 1.54) is 17.4 Å². The van der Waals surface area contributed by atoms with Crippen molar-refractivity contribution in [2.24, 2.45) is 0 Å². The Hall–Kier alpha value is -0.780. The predicted molar refractivity (Wildman–Crippen MR) is 79.9 cm³/mol. The molecule has 1 N–H and O–H groups in total. The zero-order chi connectivity index (χ0) is 13.4. The van der Waals surface area contributed by atoms with Gasteiger partial charge in [0.1, 0.15) is 10.8 Å². The van der Waals surface area contributed by atoms with Crippen LogP contribution in [0.25, 0.3) is 10.6 Å². The summed E-state index contributed by atoms with van der Waals surface area (Å²) in [6, 6.07) is 5.07. The molecule has 100 valence electrons. The zero-order valence-corrected chi connectivity index (χ0v) is 12.9. The minimum absolute atomic E-state index is 0.225. The molecule has 19 heavy (non-hydrogen) atoms. The molecule has 1 aromatic heterocycles. The van der Waals surface area contributed by atoms with Crippen LogP contribution in [0.3, 0.4) is 0 Å². The predicted octanol–water partition coefficient (Wildman–Crippen LogP) is 4.31. The first-order chi connectivity index (χ1) is 9.19. The molecule has 1 heterocycles. The molecule has 1 aliphatic rings. The van der Waals surface area contributed by atoms with Crippen LogP contribution in [0.5, 0.6) is 0 Å². The lowest BCUT2D eigenvalue weighted by molar-refractivity contribution is 0.490. The highest BCUT2D eigenvalue weighted by molar-refractivity contribution is 9.10. The summed E-state index contributed by atoms with van der Waals surface area (Å²) in [7, 11) is 1.97. The fraction of sp³-hybridized carbons (Fsp3) is 0.357. The Kier molecular flexibility index (Phi) is 3.69. The van der Waals surface area contributed by atoms with Crippen LogP contribution < -0.4 is 5.32 Å². The maximum atomic E-state index is 13.4. The molecular formula is C14H14BrFN2S. The molecule has 1 aromatic carbocycles. The maximum Gasteiger partial charge on any atom is 0.125 e. The molecule has 0 aliphatic heterocycles. The number of nitrogens with zero attached hydrogens (tertiary/aromatic N) is 1. The molecule has 0 saturated heterocycles. The first kappa shape index (κ1) is 13.2. The Balaban J connectivity index is 2.07. The summed E-state index contributed by atoms with van der Waals surface area (Å²) in [5, 5.41) is 4.21. The molecule has 2 nitrogen and oxygen atoms in total. The van der Waals surface area contributed by atoms with Crippen LogP contribution in [0.15, 0.2) is 22.7 Å². The average molecular weight is 341 g/mol. The van der Waals surface area contributed by atoms with Crippen molar-refractivity contribution < 1.29 is 4.39 Å². The average Bonchev–Trinajstić information content (AvgIpc) is 2.85. The van der Waals surface area contributed by atoms with Crippen molar-refractivity contribution in [1.29, 1.82) is 0 Å². The fourth-order valence-electron chi connectivity index (χ4n) is 2.48. The number of rotatable bonds is 2. The Morgan fingerprint density at radius 2 is 2.32 bits per heavy atom. The van der Waals surface area contributed by atoms with Crippen molar-refractivity contribution in [3.8, 4) is 10.6 Å². The number of halogens is 2. The Morgan fingerprint density at radius 3 is 3.11 bits per heavy atom. The second-order valence-corrected chi connectivity index (χ2v) is 6.62. The van der Waals surface area contributed by atoms with Gasteiger partial charge >= 0.3 is 0 Å². The number of aromatic nitrogens is 1. The third kappa shape index (κ3) is 2.47. The summed E-state index contributed by atoms with van der Waals surface area (Å²) >= 11 is 5.16. The van der Waals surface area contributed by atoms with Gasteiger partial charge < -0.3 is 5.32 Å². The second kappa shape index (κ2) is 5.31. The van der Waals surface area contributed by atoms with E-state index < -0.39 is 0 Å². The Morgan fingerprint density at radius 1 is 1.47 bits per heavy atom. The summed E-state index contributed by atoms with van der Waals surface area (Å²) in [4.78, 5) is 6.06. The van der Waals surface area contributed by atoms with Crippen LogP contribution in [0.2, 0.25) is 0 Å². The maximum absolute atomic E-state index is 13.4. The Bertz CT molecular complexity index is 611. The summed E-state index contributed by atoms with van der Waals surface area (Å²) < 4.78 is 14.3. The third-order valence-electron chi connectivity index (χ3n) is 3.46. The van der Waals surface area contributed by atoms with Crippen LogP contribution in [0.1, 0.15) is 29.5 Å². The molecule has 3 rings (SSSR count). The first-order valence-corrected chi connectivity index (χ1v) is 7.92. The van der Waals surface area contributed by atoms with Crippen LogP contribution in [-0.2, 0) is 6.42 Å². The largest absolute Gasteiger partial charge is 0.312 e. The normalized spacial score (nSPS) is 18.4. The van der Waals surface area contributed by atoms with E-state index in [2.05, 4.69) is 21.2 Å². The lowest BCUT2D eigenvalue weighted by Gasteiger charge is -2.19. The highest BCUT2D eigenvalue weighted by Gasteiger charge is 2.24. The number of hydrogen-bond donors (Lipinski definition) is 1. The molecule has 0 fully saturated rings. The molecule has 0 amide bonds. The third-order valence-corrected chi connectivity index (χ3v) is 5.32. The number of nitrogens with one attached hydrogen (secondary N) is 1. The quantitative estimate of drug-likeness (QED) is 0.881. The summed E-state index contributed by atoms with van der Waals surface area (Å²) in [6.07, 6.45) is 3.39. The van der Waals surface area contributed by atoms with Gasteiger partial charge in [0, 0.05) is 14.9 Å². The number of benzene rings is 1. The standard InChI is InChI=1S/C14H14BrFN2S/c1-17-11-3-2-4-12-13(11)18-14(19-12)9-7-8(16)5-6-10(9)15/h5-7,11,17H,2-4H2,1H3.